The van der Waals surface area contributed by atoms with E-state index in [0.717, 1.165) is 17.7 Å². The first-order chi connectivity index (χ1) is 8.90. The van der Waals surface area contributed by atoms with Crippen molar-refractivity contribution in [3.8, 4) is 0 Å². The summed E-state index contributed by atoms with van der Waals surface area (Å²) in [4.78, 5) is 13.0. The van der Waals surface area contributed by atoms with Gasteiger partial charge in [-0.2, -0.15) is 0 Å². The fraction of sp³-hybridized carbons (Fsp3) is 0.438. The van der Waals surface area contributed by atoms with E-state index < -0.39 is 5.97 Å². The zero-order valence-corrected chi connectivity index (χ0v) is 11.8. The Labute approximate surface area is 114 Å². The predicted molar refractivity (Wildman–Crippen MR) is 78.5 cm³/mol. The second-order valence-corrected chi connectivity index (χ2v) is 5.78. The number of carboxylic acid groups (broad SMARTS) is 1. The molecule has 0 saturated carbocycles. The Kier molecular flexibility index (Phi) is 3.65. The van der Waals surface area contributed by atoms with Gasteiger partial charge < -0.3 is 10.0 Å². The summed E-state index contributed by atoms with van der Waals surface area (Å²) in [6.45, 7) is 7.66. The van der Waals surface area contributed by atoms with Crippen LogP contribution in [-0.2, 0) is 4.79 Å². The van der Waals surface area contributed by atoms with E-state index in [2.05, 4.69) is 30.9 Å². The van der Waals surface area contributed by atoms with Crippen LogP contribution in [0.2, 0.25) is 0 Å². The van der Waals surface area contributed by atoms with E-state index in [1.165, 1.54) is 24.6 Å². The number of aliphatic carboxylic acids is 1. The van der Waals surface area contributed by atoms with Gasteiger partial charge in [0.1, 0.15) is 0 Å². The van der Waals surface area contributed by atoms with Crippen molar-refractivity contribution in [1.29, 1.82) is 0 Å². The lowest BCUT2D eigenvalue weighted by molar-refractivity contribution is -0.131. The molecule has 102 valence electrons. The third-order valence-corrected chi connectivity index (χ3v) is 3.87. The van der Waals surface area contributed by atoms with Gasteiger partial charge in [0.25, 0.3) is 0 Å². The van der Waals surface area contributed by atoms with Crippen LogP contribution in [0.25, 0.3) is 6.08 Å². The monoisotopic (exact) mass is 259 g/mol. The van der Waals surface area contributed by atoms with Gasteiger partial charge in [0.15, 0.2) is 0 Å². The summed E-state index contributed by atoms with van der Waals surface area (Å²) in [5.41, 5.74) is 3.51. The molecular formula is C16H21NO2. The molecular weight excluding hydrogens is 238 g/mol. The molecule has 19 heavy (non-hydrogen) atoms. The van der Waals surface area contributed by atoms with Crippen LogP contribution in [0.15, 0.2) is 24.3 Å². The van der Waals surface area contributed by atoms with E-state index in [1.54, 1.807) is 6.08 Å². The highest BCUT2D eigenvalue weighted by Gasteiger charge is 2.31. The Balaban J connectivity index is 2.26. The summed E-state index contributed by atoms with van der Waals surface area (Å²) in [5.74, 6) is -0.913. The van der Waals surface area contributed by atoms with Gasteiger partial charge in [0, 0.05) is 23.8 Å². The number of hydrogen-bond donors (Lipinski definition) is 1. The third kappa shape index (κ3) is 2.98. The van der Waals surface area contributed by atoms with E-state index >= 15 is 0 Å². The standard InChI is InChI=1S/C16H21NO2/c1-12-11-14(17-10-4-9-16(17,2)3)7-5-13(12)6-8-15(18)19/h5-8,11H,4,9-10H2,1-3H3,(H,18,19). The van der Waals surface area contributed by atoms with Crippen molar-refractivity contribution in [2.75, 3.05) is 11.4 Å². The maximum atomic E-state index is 10.6. The molecule has 1 aromatic carbocycles. The average molecular weight is 259 g/mol. The molecule has 2 rings (SSSR count). The van der Waals surface area contributed by atoms with Gasteiger partial charge in [-0.25, -0.2) is 4.79 Å². The van der Waals surface area contributed by atoms with Crippen molar-refractivity contribution in [2.45, 2.75) is 39.2 Å². The first-order valence-electron chi connectivity index (χ1n) is 6.69. The second-order valence-electron chi connectivity index (χ2n) is 5.78. The largest absolute Gasteiger partial charge is 0.478 e. The van der Waals surface area contributed by atoms with Crippen LogP contribution in [0.1, 0.15) is 37.8 Å². The fourth-order valence-electron chi connectivity index (χ4n) is 2.76. The summed E-state index contributed by atoms with van der Waals surface area (Å²) in [6, 6.07) is 6.23. The predicted octanol–water partition coefficient (Wildman–Crippen LogP) is 3.47. The molecule has 1 saturated heterocycles. The number of aryl methyl sites for hydroxylation is 1. The lowest BCUT2D eigenvalue weighted by Crippen LogP contribution is -2.38. The summed E-state index contributed by atoms with van der Waals surface area (Å²) in [6.07, 6.45) is 5.28. The molecule has 3 heteroatoms. The van der Waals surface area contributed by atoms with Crippen LogP contribution in [-0.4, -0.2) is 23.2 Å². The highest BCUT2D eigenvalue weighted by Crippen LogP contribution is 2.34. The molecule has 1 N–H and O–H groups in total. The minimum absolute atomic E-state index is 0.213. The van der Waals surface area contributed by atoms with Crippen molar-refractivity contribution in [3.05, 3.63) is 35.4 Å². The molecule has 0 amide bonds. The third-order valence-electron chi connectivity index (χ3n) is 3.87. The second kappa shape index (κ2) is 5.08. The van der Waals surface area contributed by atoms with Gasteiger partial charge in [-0.15, -0.1) is 0 Å². The summed E-state index contributed by atoms with van der Waals surface area (Å²) in [7, 11) is 0. The highest BCUT2D eigenvalue weighted by atomic mass is 16.4. The van der Waals surface area contributed by atoms with Gasteiger partial charge in [-0.05, 0) is 62.9 Å². The molecule has 0 bridgehead atoms. The Bertz CT molecular complexity index is 517. The van der Waals surface area contributed by atoms with Crippen LogP contribution in [0.3, 0.4) is 0 Å². The maximum absolute atomic E-state index is 10.6. The van der Waals surface area contributed by atoms with E-state index in [9.17, 15) is 4.79 Å². The first-order valence-corrected chi connectivity index (χ1v) is 6.69. The van der Waals surface area contributed by atoms with Crippen molar-refractivity contribution in [3.63, 3.8) is 0 Å². The summed E-state index contributed by atoms with van der Waals surface area (Å²) in [5, 5.41) is 8.67. The molecule has 1 fully saturated rings. The lowest BCUT2D eigenvalue weighted by atomic mass is 10.0. The zero-order chi connectivity index (χ0) is 14.0. The van der Waals surface area contributed by atoms with E-state index in [-0.39, 0.29) is 5.54 Å². The minimum atomic E-state index is -0.913. The number of hydrogen-bond acceptors (Lipinski definition) is 2. The van der Waals surface area contributed by atoms with Crippen molar-refractivity contribution in [1.82, 2.24) is 0 Å². The smallest absolute Gasteiger partial charge is 0.328 e. The van der Waals surface area contributed by atoms with Gasteiger partial charge in [-0.3, -0.25) is 0 Å². The topological polar surface area (TPSA) is 40.5 Å². The highest BCUT2D eigenvalue weighted by molar-refractivity contribution is 5.85. The number of carbonyl (C=O) groups is 1. The molecule has 1 aliphatic rings. The van der Waals surface area contributed by atoms with Crippen molar-refractivity contribution < 1.29 is 9.90 Å². The van der Waals surface area contributed by atoms with Gasteiger partial charge in [0.2, 0.25) is 0 Å². The Morgan fingerprint density at radius 3 is 2.68 bits per heavy atom. The van der Waals surface area contributed by atoms with Gasteiger partial charge in [-0.1, -0.05) is 6.07 Å². The molecule has 1 aromatic rings. The molecule has 3 nitrogen and oxygen atoms in total. The normalized spacial score (nSPS) is 18.2. The Morgan fingerprint density at radius 1 is 1.42 bits per heavy atom. The van der Waals surface area contributed by atoms with Crippen LogP contribution >= 0.6 is 0 Å². The molecule has 0 spiro atoms. The molecule has 1 heterocycles. The molecule has 0 radical (unpaired) electrons. The number of benzene rings is 1. The summed E-state index contributed by atoms with van der Waals surface area (Å²) < 4.78 is 0. The van der Waals surface area contributed by atoms with Crippen LogP contribution in [0.4, 0.5) is 5.69 Å². The molecule has 1 aliphatic heterocycles. The number of rotatable bonds is 3. The SMILES string of the molecule is Cc1cc(N2CCCC2(C)C)ccc1C=CC(=O)O. The minimum Gasteiger partial charge on any atom is -0.478 e. The molecule has 0 aromatic heterocycles. The van der Waals surface area contributed by atoms with Crippen LogP contribution in [0.5, 0.6) is 0 Å². The van der Waals surface area contributed by atoms with E-state index in [1.807, 2.05) is 13.0 Å². The first kappa shape index (κ1) is 13.7. The fourth-order valence-corrected chi connectivity index (χ4v) is 2.76. The number of anilines is 1. The van der Waals surface area contributed by atoms with Crippen molar-refractivity contribution >= 4 is 17.7 Å². The van der Waals surface area contributed by atoms with Gasteiger partial charge in [0.05, 0.1) is 0 Å². The van der Waals surface area contributed by atoms with Crippen molar-refractivity contribution in [2.24, 2.45) is 0 Å². The average Bonchev–Trinajstić information content (AvgIpc) is 2.67. The van der Waals surface area contributed by atoms with Crippen LogP contribution < -0.4 is 4.90 Å². The van der Waals surface area contributed by atoms with Gasteiger partial charge >= 0.3 is 5.97 Å². The van der Waals surface area contributed by atoms with E-state index in [4.69, 9.17) is 5.11 Å². The zero-order valence-electron chi connectivity index (χ0n) is 11.8. The quantitative estimate of drug-likeness (QED) is 0.845. The van der Waals surface area contributed by atoms with E-state index in [0.29, 0.717) is 0 Å². The maximum Gasteiger partial charge on any atom is 0.328 e. The Hall–Kier alpha value is -1.77. The lowest BCUT2D eigenvalue weighted by Gasteiger charge is -2.34. The Morgan fingerprint density at radius 2 is 2.16 bits per heavy atom. The molecule has 0 unspecified atom stereocenters. The summed E-state index contributed by atoms with van der Waals surface area (Å²) >= 11 is 0. The molecule has 0 aliphatic carbocycles. The number of carboxylic acids is 1. The van der Waals surface area contributed by atoms with Crippen LogP contribution in [0, 0.1) is 6.92 Å². The number of nitrogens with zero attached hydrogens (tertiary/aromatic N) is 1. The molecule has 0 atom stereocenters.